The second kappa shape index (κ2) is 7.70. The van der Waals surface area contributed by atoms with Gasteiger partial charge in [-0.05, 0) is 24.2 Å². The molecule has 0 rings (SSSR count). The smallest absolute Gasteiger partial charge is 0.223 e. The van der Waals surface area contributed by atoms with Crippen LogP contribution in [-0.4, -0.2) is 18.5 Å². The molecular weight excluding hydrogens is 212 g/mol. The topological polar surface area (TPSA) is 55.1 Å². The predicted octanol–water partition coefficient (Wildman–Crippen LogP) is 2.40. The lowest BCUT2D eigenvalue weighted by molar-refractivity contribution is -0.128. The van der Waals surface area contributed by atoms with E-state index < -0.39 is 0 Å². The SMILES string of the molecule is CC(C)CC(CN)NC(=O)C(C(C)C)C(C)C. The van der Waals surface area contributed by atoms with Crippen LogP contribution in [0.25, 0.3) is 0 Å². The highest BCUT2D eigenvalue weighted by molar-refractivity contribution is 5.79. The molecule has 3 N–H and O–H groups in total. The molecule has 3 heteroatoms. The summed E-state index contributed by atoms with van der Waals surface area (Å²) in [4.78, 5) is 12.2. The monoisotopic (exact) mass is 242 g/mol. The molecular formula is C14H30N2O. The minimum absolute atomic E-state index is 0.0798. The molecule has 0 saturated carbocycles. The summed E-state index contributed by atoms with van der Waals surface area (Å²) in [6.07, 6.45) is 0.950. The van der Waals surface area contributed by atoms with Crippen molar-refractivity contribution in [2.24, 2.45) is 29.4 Å². The summed E-state index contributed by atoms with van der Waals surface area (Å²) < 4.78 is 0. The van der Waals surface area contributed by atoms with Gasteiger partial charge in [-0.15, -0.1) is 0 Å². The highest BCUT2D eigenvalue weighted by Crippen LogP contribution is 2.21. The van der Waals surface area contributed by atoms with E-state index in [2.05, 4.69) is 46.9 Å². The van der Waals surface area contributed by atoms with Crippen LogP contribution in [0.1, 0.15) is 48.0 Å². The van der Waals surface area contributed by atoms with Crippen LogP contribution in [0, 0.1) is 23.7 Å². The number of carbonyl (C=O) groups is 1. The quantitative estimate of drug-likeness (QED) is 0.720. The third-order valence-electron chi connectivity index (χ3n) is 3.13. The molecule has 0 aliphatic heterocycles. The van der Waals surface area contributed by atoms with Crippen molar-refractivity contribution in [1.82, 2.24) is 5.32 Å². The van der Waals surface area contributed by atoms with Crippen LogP contribution in [0.3, 0.4) is 0 Å². The van der Waals surface area contributed by atoms with E-state index in [4.69, 9.17) is 5.73 Å². The molecule has 102 valence electrons. The molecule has 0 aromatic rings. The second-order valence-electron chi connectivity index (χ2n) is 6.08. The molecule has 0 spiro atoms. The van der Waals surface area contributed by atoms with Gasteiger partial charge in [-0.3, -0.25) is 4.79 Å². The van der Waals surface area contributed by atoms with Crippen LogP contribution < -0.4 is 11.1 Å². The molecule has 0 aliphatic carbocycles. The van der Waals surface area contributed by atoms with Gasteiger partial charge in [0.2, 0.25) is 5.91 Å². The van der Waals surface area contributed by atoms with Gasteiger partial charge in [0, 0.05) is 18.5 Å². The van der Waals surface area contributed by atoms with E-state index in [1.165, 1.54) is 0 Å². The van der Waals surface area contributed by atoms with Crippen molar-refractivity contribution in [2.75, 3.05) is 6.54 Å². The molecule has 0 heterocycles. The maximum atomic E-state index is 12.2. The lowest BCUT2D eigenvalue weighted by Gasteiger charge is -2.27. The van der Waals surface area contributed by atoms with Gasteiger partial charge in [0.05, 0.1) is 0 Å². The molecule has 1 atom stereocenters. The number of amides is 1. The van der Waals surface area contributed by atoms with Gasteiger partial charge in [0.25, 0.3) is 0 Å². The Morgan fingerprint density at radius 2 is 1.53 bits per heavy atom. The first-order valence-corrected chi connectivity index (χ1v) is 6.80. The minimum atomic E-state index is 0.0798. The number of nitrogens with one attached hydrogen (secondary N) is 1. The molecule has 3 nitrogen and oxygen atoms in total. The molecule has 0 aromatic heterocycles. The third kappa shape index (κ3) is 6.06. The summed E-state index contributed by atoms with van der Waals surface area (Å²) >= 11 is 0. The first kappa shape index (κ1) is 16.4. The van der Waals surface area contributed by atoms with Crippen LogP contribution in [0.2, 0.25) is 0 Å². The summed E-state index contributed by atoms with van der Waals surface area (Å²) in [5.74, 6) is 1.53. The van der Waals surface area contributed by atoms with Crippen molar-refractivity contribution in [1.29, 1.82) is 0 Å². The van der Waals surface area contributed by atoms with E-state index in [1.54, 1.807) is 0 Å². The van der Waals surface area contributed by atoms with Gasteiger partial charge >= 0.3 is 0 Å². The summed E-state index contributed by atoms with van der Waals surface area (Å²) in [6.45, 7) is 13.2. The van der Waals surface area contributed by atoms with Crippen molar-refractivity contribution < 1.29 is 4.79 Å². The molecule has 0 aliphatic rings. The van der Waals surface area contributed by atoms with Crippen molar-refractivity contribution >= 4 is 5.91 Å². The van der Waals surface area contributed by atoms with E-state index in [-0.39, 0.29) is 17.9 Å². The van der Waals surface area contributed by atoms with Gasteiger partial charge in [-0.1, -0.05) is 41.5 Å². The Morgan fingerprint density at radius 1 is 1.06 bits per heavy atom. The third-order valence-corrected chi connectivity index (χ3v) is 3.13. The van der Waals surface area contributed by atoms with Crippen LogP contribution in [0.15, 0.2) is 0 Å². The van der Waals surface area contributed by atoms with Gasteiger partial charge in [-0.2, -0.15) is 0 Å². The van der Waals surface area contributed by atoms with Gasteiger partial charge in [-0.25, -0.2) is 0 Å². The van der Waals surface area contributed by atoms with Crippen molar-refractivity contribution in [3.05, 3.63) is 0 Å². The number of nitrogens with two attached hydrogens (primary N) is 1. The van der Waals surface area contributed by atoms with Crippen LogP contribution >= 0.6 is 0 Å². The lowest BCUT2D eigenvalue weighted by Crippen LogP contribution is -2.46. The van der Waals surface area contributed by atoms with E-state index in [1.807, 2.05) is 0 Å². The van der Waals surface area contributed by atoms with Crippen LogP contribution in [0.4, 0.5) is 0 Å². The Balaban J connectivity index is 4.47. The number of carbonyl (C=O) groups excluding carboxylic acids is 1. The van der Waals surface area contributed by atoms with E-state index in [9.17, 15) is 4.79 Å². The maximum Gasteiger partial charge on any atom is 0.223 e. The van der Waals surface area contributed by atoms with E-state index >= 15 is 0 Å². The minimum Gasteiger partial charge on any atom is -0.352 e. The van der Waals surface area contributed by atoms with Crippen molar-refractivity contribution in [2.45, 2.75) is 54.0 Å². The summed E-state index contributed by atoms with van der Waals surface area (Å²) in [5, 5.41) is 3.10. The highest BCUT2D eigenvalue weighted by Gasteiger charge is 2.26. The molecule has 1 unspecified atom stereocenters. The van der Waals surface area contributed by atoms with E-state index in [0.717, 1.165) is 6.42 Å². The lowest BCUT2D eigenvalue weighted by atomic mass is 9.84. The zero-order valence-corrected chi connectivity index (χ0v) is 12.3. The average Bonchev–Trinajstić information content (AvgIpc) is 2.14. The molecule has 0 bridgehead atoms. The molecule has 0 aromatic carbocycles. The summed E-state index contributed by atoms with van der Waals surface area (Å²) in [6, 6.07) is 0.113. The standard InChI is InChI=1S/C14H30N2O/c1-9(2)7-12(8-15)16-14(17)13(10(3)4)11(5)6/h9-13H,7-8,15H2,1-6H3,(H,16,17). The fourth-order valence-corrected chi connectivity index (χ4v) is 2.46. The Morgan fingerprint density at radius 3 is 1.82 bits per heavy atom. The summed E-state index contributed by atoms with van der Waals surface area (Å²) in [5.41, 5.74) is 5.71. The van der Waals surface area contributed by atoms with Crippen LogP contribution in [0.5, 0.6) is 0 Å². The first-order chi connectivity index (χ1) is 7.79. The molecule has 0 saturated heterocycles. The van der Waals surface area contributed by atoms with Gasteiger partial charge in [0.1, 0.15) is 0 Å². The number of hydrogen-bond donors (Lipinski definition) is 2. The average molecular weight is 242 g/mol. The van der Waals surface area contributed by atoms with Crippen molar-refractivity contribution in [3.63, 3.8) is 0 Å². The first-order valence-electron chi connectivity index (χ1n) is 6.80. The second-order valence-corrected chi connectivity index (χ2v) is 6.08. The Kier molecular flexibility index (Phi) is 7.44. The zero-order valence-electron chi connectivity index (χ0n) is 12.3. The van der Waals surface area contributed by atoms with Gasteiger partial charge < -0.3 is 11.1 Å². The highest BCUT2D eigenvalue weighted by atomic mass is 16.2. The maximum absolute atomic E-state index is 12.2. The van der Waals surface area contributed by atoms with Crippen molar-refractivity contribution in [3.8, 4) is 0 Å². The molecule has 0 fully saturated rings. The fraction of sp³-hybridized carbons (Fsp3) is 0.929. The van der Waals surface area contributed by atoms with E-state index in [0.29, 0.717) is 24.3 Å². The predicted molar refractivity (Wildman–Crippen MR) is 73.6 cm³/mol. The Bertz CT molecular complexity index is 216. The molecule has 1 amide bonds. The molecule has 0 radical (unpaired) electrons. The number of rotatable bonds is 7. The Hall–Kier alpha value is -0.570. The van der Waals surface area contributed by atoms with Crippen LogP contribution in [-0.2, 0) is 4.79 Å². The zero-order chi connectivity index (χ0) is 13.6. The largest absolute Gasteiger partial charge is 0.352 e. The Labute approximate surface area is 107 Å². The normalized spacial score (nSPS) is 13.8. The summed E-state index contributed by atoms with van der Waals surface area (Å²) in [7, 11) is 0. The van der Waals surface area contributed by atoms with Gasteiger partial charge in [0.15, 0.2) is 0 Å². The molecule has 17 heavy (non-hydrogen) atoms. The fourth-order valence-electron chi connectivity index (χ4n) is 2.46. The number of hydrogen-bond acceptors (Lipinski definition) is 2.